The third-order valence-corrected chi connectivity index (χ3v) is 11.7. The molecule has 1 fully saturated rings. The van der Waals surface area contributed by atoms with E-state index in [1.165, 1.54) is 206 Å². The summed E-state index contributed by atoms with van der Waals surface area (Å²) in [6, 6.07) is 0. The van der Waals surface area contributed by atoms with Crippen LogP contribution in [0.4, 0.5) is 0 Å². The Bertz CT molecular complexity index is 730. The summed E-state index contributed by atoms with van der Waals surface area (Å²) < 4.78 is 17.6. The summed E-state index contributed by atoms with van der Waals surface area (Å²) in [7, 11) is 0. The highest BCUT2D eigenvalue weighted by Gasteiger charge is 2.15. The number of hydrogen-bond acceptors (Lipinski definition) is 6. The van der Waals surface area contributed by atoms with Crippen LogP contribution in [0, 0.1) is 0 Å². The monoisotopic (exact) mass is 765 g/mol. The average Bonchev–Trinajstić information content (AvgIpc) is 3.18. The van der Waals surface area contributed by atoms with E-state index < -0.39 is 0 Å². The Morgan fingerprint density at radius 1 is 0.519 bits per heavy atom. The molecule has 6 heteroatoms. The Morgan fingerprint density at radius 3 is 1.41 bits per heavy atom. The second kappa shape index (κ2) is 41.9. The standard InChI is InChI=1S/C48H96N2O4/c1-4-7-10-13-17-25-32-43-52-44-33-26-18-16-23-30-37-49(39-40-50-41-45-53-46-42-50)38-31-24-19-22-29-36-48(51)54-47(34-27-20-14-11-8-5-2)35-28-21-15-12-9-6-3/h47H,4-46H2,1-3H3. The minimum Gasteiger partial charge on any atom is -0.462 e. The van der Waals surface area contributed by atoms with E-state index in [4.69, 9.17) is 14.2 Å². The maximum absolute atomic E-state index is 12.8. The molecule has 0 aromatic carbocycles. The summed E-state index contributed by atoms with van der Waals surface area (Å²) in [5.74, 6) is 0.0541. The summed E-state index contributed by atoms with van der Waals surface area (Å²) in [6.07, 6.45) is 41.8. The van der Waals surface area contributed by atoms with Crippen molar-refractivity contribution in [3.05, 3.63) is 0 Å². The van der Waals surface area contributed by atoms with Crippen molar-refractivity contribution in [3.8, 4) is 0 Å². The van der Waals surface area contributed by atoms with Crippen LogP contribution in [0.25, 0.3) is 0 Å². The molecule has 0 N–H and O–H groups in total. The van der Waals surface area contributed by atoms with Crippen LogP contribution in [-0.4, -0.2) is 87.6 Å². The topological polar surface area (TPSA) is 51.2 Å². The first kappa shape index (κ1) is 51.3. The number of esters is 1. The van der Waals surface area contributed by atoms with Crippen molar-refractivity contribution < 1.29 is 19.0 Å². The molecular weight excluding hydrogens is 669 g/mol. The summed E-state index contributed by atoms with van der Waals surface area (Å²) >= 11 is 0. The normalized spacial score (nSPS) is 13.8. The molecule has 1 aliphatic heterocycles. The lowest BCUT2D eigenvalue weighted by atomic mass is 10.0. The van der Waals surface area contributed by atoms with Gasteiger partial charge in [-0.05, 0) is 70.9 Å². The molecule has 0 amide bonds. The van der Waals surface area contributed by atoms with Crippen molar-refractivity contribution in [3.63, 3.8) is 0 Å². The minimum absolute atomic E-state index is 0.0541. The Morgan fingerprint density at radius 2 is 0.926 bits per heavy atom. The number of ether oxygens (including phenoxy) is 3. The SMILES string of the molecule is CCCCCCCCCOCCCCCCCCN(CCCCCCCC(=O)OC(CCCCCCCC)CCCCCCCC)CCN1CCOCC1. The zero-order valence-electron chi connectivity index (χ0n) is 37.0. The van der Waals surface area contributed by atoms with Crippen molar-refractivity contribution in [1.82, 2.24) is 9.80 Å². The average molecular weight is 765 g/mol. The lowest BCUT2D eigenvalue weighted by Gasteiger charge is -2.30. The molecule has 0 saturated carbocycles. The van der Waals surface area contributed by atoms with Gasteiger partial charge in [0.1, 0.15) is 6.10 Å². The second-order valence-corrected chi connectivity index (χ2v) is 16.9. The van der Waals surface area contributed by atoms with Crippen LogP contribution in [0.1, 0.15) is 233 Å². The van der Waals surface area contributed by atoms with Crippen LogP contribution < -0.4 is 0 Å². The third kappa shape index (κ3) is 35.7. The van der Waals surface area contributed by atoms with Crippen LogP contribution in [0.3, 0.4) is 0 Å². The molecule has 0 bridgehead atoms. The van der Waals surface area contributed by atoms with Gasteiger partial charge >= 0.3 is 5.97 Å². The summed E-state index contributed by atoms with van der Waals surface area (Å²) in [4.78, 5) is 18.1. The van der Waals surface area contributed by atoms with E-state index in [0.717, 1.165) is 65.2 Å². The summed E-state index contributed by atoms with van der Waals surface area (Å²) in [6.45, 7) is 17.5. The van der Waals surface area contributed by atoms with E-state index in [-0.39, 0.29) is 12.1 Å². The predicted octanol–water partition coefficient (Wildman–Crippen LogP) is 13.5. The van der Waals surface area contributed by atoms with Gasteiger partial charge in [-0.3, -0.25) is 9.69 Å². The highest BCUT2D eigenvalue weighted by molar-refractivity contribution is 5.69. The summed E-state index contributed by atoms with van der Waals surface area (Å²) in [5.41, 5.74) is 0. The molecule has 0 aromatic rings. The number of rotatable bonds is 43. The summed E-state index contributed by atoms with van der Waals surface area (Å²) in [5, 5.41) is 0. The van der Waals surface area contributed by atoms with Gasteiger partial charge in [0.05, 0.1) is 13.2 Å². The molecule has 54 heavy (non-hydrogen) atoms. The Labute approximate surface area is 338 Å². The maximum Gasteiger partial charge on any atom is 0.306 e. The van der Waals surface area contributed by atoms with Gasteiger partial charge in [-0.15, -0.1) is 0 Å². The zero-order valence-corrected chi connectivity index (χ0v) is 37.0. The third-order valence-electron chi connectivity index (χ3n) is 11.7. The smallest absolute Gasteiger partial charge is 0.306 e. The first-order valence-corrected chi connectivity index (χ1v) is 24.5. The van der Waals surface area contributed by atoms with E-state index >= 15 is 0 Å². The molecule has 1 heterocycles. The van der Waals surface area contributed by atoms with Crippen molar-refractivity contribution >= 4 is 5.97 Å². The molecule has 0 unspecified atom stereocenters. The van der Waals surface area contributed by atoms with Crippen LogP contribution >= 0.6 is 0 Å². The number of nitrogens with zero attached hydrogens (tertiary/aromatic N) is 2. The Hall–Kier alpha value is -0.690. The number of unbranched alkanes of at least 4 members (excludes halogenated alkanes) is 25. The zero-order chi connectivity index (χ0) is 38.8. The molecule has 0 atom stereocenters. The van der Waals surface area contributed by atoms with Crippen LogP contribution in [-0.2, 0) is 19.0 Å². The van der Waals surface area contributed by atoms with Gasteiger partial charge in [0.25, 0.3) is 0 Å². The van der Waals surface area contributed by atoms with E-state index in [1.54, 1.807) is 0 Å². The maximum atomic E-state index is 12.8. The van der Waals surface area contributed by atoms with Gasteiger partial charge < -0.3 is 19.1 Å². The van der Waals surface area contributed by atoms with Crippen molar-refractivity contribution in [2.24, 2.45) is 0 Å². The van der Waals surface area contributed by atoms with Gasteiger partial charge in [-0.2, -0.15) is 0 Å². The predicted molar refractivity (Wildman–Crippen MR) is 234 cm³/mol. The fourth-order valence-electron chi connectivity index (χ4n) is 7.90. The lowest BCUT2D eigenvalue weighted by Crippen LogP contribution is -2.41. The van der Waals surface area contributed by atoms with Crippen molar-refractivity contribution in [2.45, 2.75) is 239 Å². The second-order valence-electron chi connectivity index (χ2n) is 16.9. The van der Waals surface area contributed by atoms with Gasteiger partial charge in [0, 0.05) is 45.8 Å². The number of morpholine rings is 1. The van der Waals surface area contributed by atoms with Crippen LogP contribution in [0.2, 0.25) is 0 Å². The molecule has 322 valence electrons. The van der Waals surface area contributed by atoms with E-state index in [1.807, 2.05) is 0 Å². The first-order valence-electron chi connectivity index (χ1n) is 24.5. The van der Waals surface area contributed by atoms with E-state index in [2.05, 4.69) is 30.6 Å². The van der Waals surface area contributed by atoms with Gasteiger partial charge in [-0.1, -0.05) is 168 Å². The molecule has 0 spiro atoms. The Kier molecular flexibility index (Phi) is 39.9. The first-order chi connectivity index (χ1) is 26.7. The van der Waals surface area contributed by atoms with Gasteiger partial charge in [0.15, 0.2) is 0 Å². The number of hydrogen-bond donors (Lipinski definition) is 0. The van der Waals surface area contributed by atoms with Gasteiger partial charge in [-0.25, -0.2) is 0 Å². The van der Waals surface area contributed by atoms with Crippen molar-refractivity contribution in [2.75, 3.05) is 65.7 Å². The lowest BCUT2D eigenvalue weighted by molar-refractivity contribution is -0.150. The molecule has 6 nitrogen and oxygen atoms in total. The molecular formula is C48H96N2O4. The molecule has 1 saturated heterocycles. The molecule has 1 rings (SSSR count). The van der Waals surface area contributed by atoms with Gasteiger partial charge in [0.2, 0.25) is 0 Å². The highest BCUT2D eigenvalue weighted by Crippen LogP contribution is 2.19. The minimum atomic E-state index is 0.0541. The van der Waals surface area contributed by atoms with Crippen LogP contribution in [0.15, 0.2) is 0 Å². The largest absolute Gasteiger partial charge is 0.462 e. The molecule has 0 aromatic heterocycles. The number of carbonyl (C=O) groups excluding carboxylic acids is 1. The number of carbonyl (C=O) groups is 1. The molecule has 1 aliphatic rings. The quantitative estimate of drug-likeness (QED) is 0.0455. The highest BCUT2D eigenvalue weighted by atomic mass is 16.5. The van der Waals surface area contributed by atoms with Crippen LogP contribution in [0.5, 0.6) is 0 Å². The van der Waals surface area contributed by atoms with E-state index in [0.29, 0.717) is 6.42 Å². The molecule has 0 radical (unpaired) electrons. The fourth-order valence-corrected chi connectivity index (χ4v) is 7.90. The van der Waals surface area contributed by atoms with Crippen molar-refractivity contribution in [1.29, 1.82) is 0 Å². The Balaban J connectivity index is 2.20. The fraction of sp³-hybridized carbons (Fsp3) is 0.979. The molecule has 0 aliphatic carbocycles. The van der Waals surface area contributed by atoms with E-state index in [9.17, 15) is 4.79 Å².